The summed E-state index contributed by atoms with van der Waals surface area (Å²) >= 11 is 1.35. The fourth-order valence-corrected chi connectivity index (χ4v) is 4.40. The number of anilines is 1. The molecule has 0 saturated carbocycles. The molecule has 3 N–H and O–H groups in total. The summed E-state index contributed by atoms with van der Waals surface area (Å²) in [6, 6.07) is 0. The van der Waals surface area contributed by atoms with Gasteiger partial charge in [-0.25, -0.2) is 0 Å². The molecule has 24 heavy (non-hydrogen) atoms. The fraction of sp³-hybridized carbons (Fsp3) is 0.389. The van der Waals surface area contributed by atoms with Crippen LogP contribution in [-0.4, -0.2) is 22.6 Å². The molecule has 0 aliphatic heterocycles. The Hall–Kier alpha value is -2.21. The maximum absolute atomic E-state index is 12.6. The second-order valence-electron chi connectivity index (χ2n) is 6.33. The third kappa shape index (κ3) is 2.71. The standard InChI is InChI=1S/C18H20N4OS/c19-15-14-12-8-4-5-9-13(12)21-22-18(14)24-16(15)17(23)20-10-11-6-2-1-3-7-11/h1-2,6H,3-5,7-10,19H2,(H,20,23). The highest BCUT2D eigenvalue weighted by atomic mass is 32.1. The van der Waals surface area contributed by atoms with Gasteiger partial charge in [-0.05, 0) is 44.1 Å². The molecule has 2 aromatic rings. The third-order valence-electron chi connectivity index (χ3n) is 4.71. The Balaban J connectivity index is 1.62. The minimum absolute atomic E-state index is 0.115. The van der Waals surface area contributed by atoms with Gasteiger partial charge >= 0.3 is 0 Å². The number of allylic oxidation sites excluding steroid dienone is 3. The average molecular weight is 340 g/mol. The van der Waals surface area contributed by atoms with Gasteiger partial charge in [-0.1, -0.05) is 23.8 Å². The third-order valence-corrected chi connectivity index (χ3v) is 5.80. The van der Waals surface area contributed by atoms with Crippen LogP contribution in [0.3, 0.4) is 0 Å². The maximum atomic E-state index is 12.6. The molecule has 0 aromatic carbocycles. The van der Waals surface area contributed by atoms with Gasteiger partial charge in [-0.2, -0.15) is 5.10 Å². The molecule has 124 valence electrons. The van der Waals surface area contributed by atoms with Crippen molar-refractivity contribution >= 4 is 33.1 Å². The molecule has 0 unspecified atom stereocenters. The van der Waals surface area contributed by atoms with Crippen LogP contribution in [-0.2, 0) is 12.8 Å². The van der Waals surface area contributed by atoms with Crippen molar-refractivity contribution < 1.29 is 4.79 Å². The Morgan fingerprint density at radius 3 is 2.96 bits per heavy atom. The van der Waals surface area contributed by atoms with Crippen LogP contribution in [0.1, 0.15) is 46.6 Å². The van der Waals surface area contributed by atoms with Crippen LogP contribution >= 0.6 is 11.3 Å². The molecule has 2 heterocycles. The van der Waals surface area contributed by atoms with Crippen LogP contribution in [0.4, 0.5) is 5.69 Å². The summed E-state index contributed by atoms with van der Waals surface area (Å²) in [4.78, 5) is 13.9. The molecule has 2 aromatic heterocycles. The monoisotopic (exact) mass is 340 g/mol. The van der Waals surface area contributed by atoms with Gasteiger partial charge in [0.25, 0.3) is 5.91 Å². The Labute approximate surface area is 144 Å². The number of carbonyl (C=O) groups is 1. The van der Waals surface area contributed by atoms with Gasteiger partial charge in [0, 0.05) is 11.9 Å². The topological polar surface area (TPSA) is 80.9 Å². The largest absolute Gasteiger partial charge is 0.397 e. The van der Waals surface area contributed by atoms with Gasteiger partial charge < -0.3 is 11.1 Å². The van der Waals surface area contributed by atoms with E-state index in [9.17, 15) is 4.79 Å². The van der Waals surface area contributed by atoms with Crippen LogP contribution in [0.15, 0.2) is 23.8 Å². The van der Waals surface area contributed by atoms with E-state index in [-0.39, 0.29) is 5.91 Å². The molecular weight excluding hydrogens is 320 g/mol. The van der Waals surface area contributed by atoms with E-state index in [2.05, 4.69) is 27.7 Å². The zero-order chi connectivity index (χ0) is 16.5. The molecule has 6 heteroatoms. The van der Waals surface area contributed by atoms with E-state index in [1.165, 1.54) is 22.5 Å². The van der Waals surface area contributed by atoms with Crippen molar-refractivity contribution in [1.29, 1.82) is 0 Å². The molecule has 0 saturated heterocycles. The van der Waals surface area contributed by atoms with Gasteiger partial charge in [-0.15, -0.1) is 16.4 Å². The number of aryl methyl sites for hydroxylation is 2. The van der Waals surface area contributed by atoms with Crippen LogP contribution in [0, 0.1) is 0 Å². The molecule has 0 atom stereocenters. The number of hydrogen-bond acceptors (Lipinski definition) is 5. The predicted molar refractivity (Wildman–Crippen MR) is 97.3 cm³/mol. The summed E-state index contributed by atoms with van der Waals surface area (Å²) < 4.78 is 0. The van der Waals surface area contributed by atoms with Crippen molar-refractivity contribution in [3.63, 3.8) is 0 Å². The van der Waals surface area contributed by atoms with E-state index in [4.69, 9.17) is 5.73 Å². The Kier molecular flexibility index (Phi) is 4.06. The molecular formula is C18H20N4OS. The molecule has 0 bridgehead atoms. The number of thiophene rings is 1. The fourth-order valence-electron chi connectivity index (χ4n) is 3.41. The lowest BCUT2D eigenvalue weighted by Gasteiger charge is -2.14. The number of aromatic nitrogens is 2. The van der Waals surface area contributed by atoms with Crippen LogP contribution in [0.5, 0.6) is 0 Å². The van der Waals surface area contributed by atoms with Crippen molar-refractivity contribution in [3.8, 4) is 0 Å². The van der Waals surface area contributed by atoms with Crippen molar-refractivity contribution in [3.05, 3.63) is 39.9 Å². The molecule has 1 amide bonds. The number of amides is 1. The minimum atomic E-state index is -0.115. The number of nitrogen functional groups attached to an aromatic ring is 1. The second kappa shape index (κ2) is 6.36. The molecule has 4 rings (SSSR count). The SMILES string of the molecule is Nc1c(C(=O)NCC2=CC=CCC2)sc2nnc3c(c12)CCCC3. The molecule has 0 spiro atoms. The summed E-state index contributed by atoms with van der Waals surface area (Å²) in [7, 11) is 0. The van der Waals surface area contributed by atoms with Gasteiger partial charge in [-0.3, -0.25) is 4.79 Å². The van der Waals surface area contributed by atoms with E-state index in [1.54, 1.807) is 0 Å². The summed E-state index contributed by atoms with van der Waals surface area (Å²) in [5.74, 6) is -0.115. The first-order valence-electron chi connectivity index (χ1n) is 8.43. The molecule has 0 radical (unpaired) electrons. The quantitative estimate of drug-likeness (QED) is 0.899. The maximum Gasteiger partial charge on any atom is 0.263 e. The van der Waals surface area contributed by atoms with Crippen molar-refractivity contribution in [2.45, 2.75) is 38.5 Å². The number of hydrogen-bond donors (Lipinski definition) is 2. The summed E-state index contributed by atoms with van der Waals surface area (Å²) in [5, 5.41) is 12.6. The molecule has 2 aliphatic carbocycles. The second-order valence-corrected chi connectivity index (χ2v) is 7.33. The van der Waals surface area contributed by atoms with Crippen molar-refractivity contribution in [2.75, 3.05) is 12.3 Å². The van der Waals surface area contributed by atoms with E-state index in [0.717, 1.165) is 54.4 Å². The molecule has 0 fully saturated rings. The highest BCUT2D eigenvalue weighted by Crippen LogP contribution is 2.37. The molecule has 5 nitrogen and oxygen atoms in total. The lowest BCUT2D eigenvalue weighted by atomic mass is 9.94. The first-order valence-corrected chi connectivity index (χ1v) is 9.25. The van der Waals surface area contributed by atoms with Gasteiger partial charge in [0.05, 0.1) is 11.4 Å². The number of carbonyl (C=O) groups excluding carboxylic acids is 1. The van der Waals surface area contributed by atoms with Gasteiger partial charge in [0.15, 0.2) is 0 Å². The number of nitrogens with two attached hydrogens (primary N) is 1. The van der Waals surface area contributed by atoms with E-state index >= 15 is 0 Å². The number of nitrogens with zero attached hydrogens (tertiary/aromatic N) is 2. The normalized spacial score (nSPS) is 16.8. The van der Waals surface area contributed by atoms with Gasteiger partial charge in [0.1, 0.15) is 9.71 Å². The number of fused-ring (bicyclic) bond motifs is 3. The molecule has 2 aliphatic rings. The first-order chi connectivity index (χ1) is 11.7. The summed E-state index contributed by atoms with van der Waals surface area (Å²) in [6.07, 6.45) is 12.5. The van der Waals surface area contributed by atoms with Crippen LogP contribution < -0.4 is 11.1 Å². The lowest BCUT2D eigenvalue weighted by Crippen LogP contribution is -2.25. The average Bonchev–Trinajstić information content (AvgIpc) is 2.98. The Bertz CT molecular complexity index is 866. The minimum Gasteiger partial charge on any atom is -0.397 e. The predicted octanol–water partition coefficient (Wildman–Crippen LogP) is 3.16. The van der Waals surface area contributed by atoms with Crippen LogP contribution in [0.2, 0.25) is 0 Å². The van der Waals surface area contributed by atoms with Crippen LogP contribution in [0.25, 0.3) is 10.2 Å². The van der Waals surface area contributed by atoms with E-state index < -0.39 is 0 Å². The van der Waals surface area contributed by atoms with Crippen molar-refractivity contribution in [2.24, 2.45) is 0 Å². The number of nitrogens with one attached hydrogen (secondary N) is 1. The van der Waals surface area contributed by atoms with Crippen molar-refractivity contribution in [1.82, 2.24) is 15.5 Å². The highest BCUT2D eigenvalue weighted by Gasteiger charge is 2.23. The Morgan fingerprint density at radius 1 is 1.25 bits per heavy atom. The lowest BCUT2D eigenvalue weighted by molar-refractivity contribution is 0.0961. The first kappa shape index (κ1) is 15.3. The zero-order valence-corrected chi connectivity index (χ0v) is 14.3. The highest BCUT2D eigenvalue weighted by molar-refractivity contribution is 7.21. The van der Waals surface area contributed by atoms with E-state index in [1.807, 2.05) is 6.08 Å². The smallest absolute Gasteiger partial charge is 0.263 e. The van der Waals surface area contributed by atoms with E-state index in [0.29, 0.717) is 17.1 Å². The summed E-state index contributed by atoms with van der Waals surface area (Å²) in [6.45, 7) is 0.570. The summed E-state index contributed by atoms with van der Waals surface area (Å²) in [5.41, 5.74) is 10.4. The zero-order valence-electron chi connectivity index (χ0n) is 13.5. The number of rotatable bonds is 3. The van der Waals surface area contributed by atoms with Gasteiger partial charge in [0.2, 0.25) is 0 Å². The Morgan fingerprint density at radius 2 is 2.12 bits per heavy atom.